The number of amides is 2. The van der Waals surface area contributed by atoms with Crippen LogP contribution in [0.25, 0.3) is 11.0 Å². The zero-order valence-corrected chi connectivity index (χ0v) is 22.6. The molecule has 0 radical (unpaired) electrons. The maximum Gasteiger partial charge on any atom is 0.247 e. The second-order valence-corrected chi connectivity index (χ2v) is 9.66. The van der Waals surface area contributed by atoms with Crippen LogP contribution in [0.1, 0.15) is 17.2 Å². The Kier molecular flexibility index (Phi) is 9.00. The molecule has 208 valence electrons. The number of methoxy groups -OCH3 is 1. The van der Waals surface area contributed by atoms with Gasteiger partial charge >= 0.3 is 0 Å². The minimum absolute atomic E-state index is 0.0394. The molecule has 0 unspecified atom stereocenters. The maximum atomic E-state index is 14.0. The Bertz CT molecular complexity index is 1400. The third-order valence-electron chi connectivity index (χ3n) is 7.09. The van der Waals surface area contributed by atoms with Crippen molar-refractivity contribution in [2.24, 2.45) is 0 Å². The topological polar surface area (TPSA) is 102 Å². The van der Waals surface area contributed by atoms with E-state index in [4.69, 9.17) is 9.47 Å². The second-order valence-electron chi connectivity index (χ2n) is 9.66. The van der Waals surface area contributed by atoms with E-state index in [9.17, 15) is 9.59 Å². The van der Waals surface area contributed by atoms with Crippen LogP contribution in [0, 0.1) is 0 Å². The number of fused-ring (bicyclic) bond motifs is 1. The van der Waals surface area contributed by atoms with Gasteiger partial charge in [0, 0.05) is 32.7 Å². The number of rotatable bonds is 11. The number of morpholine rings is 1. The van der Waals surface area contributed by atoms with Gasteiger partial charge in [0.15, 0.2) is 0 Å². The molecule has 4 aromatic rings. The molecule has 1 N–H and O–H groups in total. The highest BCUT2D eigenvalue weighted by Crippen LogP contribution is 2.25. The quantitative estimate of drug-likeness (QED) is 0.311. The predicted molar refractivity (Wildman–Crippen MR) is 151 cm³/mol. The summed E-state index contributed by atoms with van der Waals surface area (Å²) in [5.41, 5.74) is 3.15. The Morgan fingerprint density at radius 3 is 2.48 bits per heavy atom. The predicted octanol–water partition coefficient (Wildman–Crippen LogP) is 2.66. The van der Waals surface area contributed by atoms with Crippen LogP contribution in [0.5, 0.6) is 5.75 Å². The molecule has 1 saturated heterocycles. The lowest BCUT2D eigenvalue weighted by atomic mass is 10.0. The minimum Gasteiger partial charge on any atom is -0.497 e. The summed E-state index contributed by atoms with van der Waals surface area (Å²) in [6, 6.07) is 23.7. The molecule has 2 heterocycles. The molecule has 1 aliphatic rings. The van der Waals surface area contributed by atoms with Crippen molar-refractivity contribution in [1.29, 1.82) is 0 Å². The molecule has 10 nitrogen and oxygen atoms in total. The first-order valence-electron chi connectivity index (χ1n) is 13.5. The normalized spacial score (nSPS) is 14.5. The van der Waals surface area contributed by atoms with Crippen LogP contribution in [-0.2, 0) is 27.4 Å². The molecular weight excluding hydrogens is 508 g/mol. The molecule has 1 aliphatic heterocycles. The number of hydrogen-bond donors (Lipinski definition) is 1. The van der Waals surface area contributed by atoms with Gasteiger partial charge in [-0.2, -0.15) is 0 Å². The van der Waals surface area contributed by atoms with Crippen molar-refractivity contribution in [3.63, 3.8) is 0 Å². The van der Waals surface area contributed by atoms with Crippen molar-refractivity contribution < 1.29 is 19.1 Å². The van der Waals surface area contributed by atoms with Gasteiger partial charge in [0.25, 0.3) is 0 Å². The number of aromatic nitrogens is 3. The van der Waals surface area contributed by atoms with E-state index < -0.39 is 6.04 Å². The highest BCUT2D eigenvalue weighted by molar-refractivity contribution is 5.89. The Balaban J connectivity index is 1.45. The van der Waals surface area contributed by atoms with Crippen LogP contribution < -0.4 is 10.1 Å². The van der Waals surface area contributed by atoms with Crippen molar-refractivity contribution in [3.8, 4) is 5.75 Å². The molecule has 1 atom stereocenters. The van der Waals surface area contributed by atoms with E-state index in [0.717, 1.165) is 24.2 Å². The fourth-order valence-corrected chi connectivity index (χ4v) is 4.87. The summed E-state index contributed by atoms with van der Waals surface area (Å²) in [6.07, 6.45) is 0. The van der Waals surface area contributed by atoms with Crippen LogP contribution >= 0.6 is 0 Å². The van der Waals surface area contributed by atoms with Crippen LogP contribution in [0.4, 0.5) is 0 Å². The summed E-state index contributed by atoms with van der Waals surface area (Å²) in [5, 5.41) is 11.5. The highest BCUT2D eigenvalue weighted by atomic mass is 16.5. The molecule has 3 aromatic carbocycles. The van der Waals surface area contributed by atoms with Gasteiger partial charge in [0.1, 0.15) is 23.9 Å². The van der Waals surface area contributed by atoms with Gasteiger partial charge in [-0.05, 0) is 35.4 Å². The van der Waals surface area contributed by atoms with Crippen molar-refractivity contribution in [1.82, 2.24) is 30.1 Å². The first-order valence-corrected chi connectivity index (χ1v) is 13.5. The summed E-state index contributed by atoms with van der Waals surface area (Å²) >= 11 is 0. The number of hydrogen-bond acceptors (Lipinski definition) is 7. The van der Waals surface area contributed by atoms with Crippen molar-refractivity contribution in [3.05, 3.63) is 90.0 Å². The second kappa shape index (κ2) is 13.2. The summed E-state index contributed by atoms with van der Waals surface area (Å²) in [4.78, 5) is 31.8. The van der Waals surface area contributed by atoms with Crippen LogP contribution in [0.3, 0.4) is 0 Å². The van der Waals surface area contributed by atoms with E-state index in [1.807, 2.05) is 78.9 Å². The Labute approximate surface area is 233 Å². The summed E-state index contributed by atoms with van der Waals surface area (Å²) in [7, 11) is 1.60. The van der Waals surface area contributed by atoms with E-state index in [-0.39, 0.29) is 18.4 Å². The van der Waals surface area contributed by atoms with Gasteiger partial charge in [-0.25, -0.2) is 4.68 Å². The molecule has 2 amide bonds. The van der Waals surface area contributed by atoms with E-state index in [2.05, 4.69) is 20.5 Å². The first kappa shape index (κ1) is 27.3. The molecule has 0 spiro atoms. The fraction of sp³-hybridized carbons (Fsp3) is 0.333. The van der Waals surface area contributed by atoms with E-state index in [1.54, 1.807) is 16.7 Å². The van der Waals surface area contributed by atoms with Gasteiger partial charge < -0.3 is 19.7 Å². The van der Waals surface area contributed by atoms with Crippen molar-refractivity contribution in [2.45, 2.75) is 19.1 Å². The summed E-state index contributed by atoms with van der Waals surface area (Å²) in [6.45, 7) is 4.16. The first-order chi connectivity index (χ1) is 19.6. The van der Waals surface area contributed by atoms with Gasteiger partial charge in [-0.3, -0.25) is 14.5 Å². The zero-order valence-electron chi connectivity index (χ0n) is 22.6. The number of carbonyl (C=O) groups is 2. The van der Waals surface area contributed by atoms with E-state index in [1.165, 1.54) is 0 Å². The molecule has 5 rings (SSSR count). The summed E-state index contributed by atoms with van der Waals surface area (Å²) < 4.78 is 12.4. The lowest BCUT2D eigenvalue weighted by Gasteiger charge is -2.34. The molecule has 0 aliphatic carbocycles. The molecular formula is C30H34N6O4. The SMILES string of the molecule is COc1ccc([C@H](C(=O)NCc2ccccc2)N(CCN2CCOCC2)C(=O)Cn2nnc3ccccc32)cc1. The minimum atomic E-state index is -0.849. The molecule has 1 aromatic heterocycles. The number of carbonyl (C=O) groups excluding carboxylic acids is 2. The Morgan fingerprint density at radius 2 is 1.73 bits per heavy atom. The largest absolute Gasteiger partial charge is 0.497 e. The number of para-hydroxylation sites is 1. The Morgan fingerprint density at radius 1 is 1.00 bits per heavy atom. The lowest BCUT2D eigenvalue weighted by molar-refractivity contribution is -0.142. The smallest absolute Gasteiger partial charge is 0.247 e. The third-order valence-corrected chi connectivity index (χ3v) is 7.09. The maximum absolute atomic E-state index is 14.0. The van der Waals surface area contributed by atoms with Crippen molar-refractivity contribution >= 4 is 22.8 Å². The number of nitrogens with zero attached hydrogens (tertiary/aromatic N) is 5. The molecule has 0 bridgehead atoms. The standard InChI is InChI=1S/C30H34N6O4/c1-39-25-13-11-24(12-14-25)29(30(38)31-21-23-7-3-2-4-8-23)35(16-15-34-17-19-40-20-18-34)28(37)22-36-27-10-6-5-9-26(27)32-33-36/h2-14,29H,15-22H2,1H3,(H,31,38)/t29-/m1/s1. The Hall–Kier alpha value is -4.28. The lowest BCUT2D eigenvalue weighted by Crippen LogP contribution is -2.49. The molecule has 40 heavy (non-hydrogen) atoms. The highest BCUT2D eigenvalue weighted by Gasteiger charge is 2.32. The van der Waals surface area contributed by atoms with E-state index >= 15 is 0 Å². The van der Waals surface area contributed by atoms with Gasteiger partial charge in [0.2, 0.25) is 11.8 Å². The van der Waals surface area contributed by atoms with Gasteiger partial charge in [-0.1, -0.05) is 59.8 Å². The van der Waals surface area contributed by atoms with Gasteiger partial charge in [-0.15, -0.1) is 5.10 Å². The summed E-state index contributed by atoms with van der Waals surface area (Å²) in [5.74, 6) is 0.194. The number of nitrogens with one attached hydrogen (secondary N) is 1. The van der Waals surface area contributed by atoms with Crippen LogP contribution in [-0.4, -0.2) is 83.1 Å². The number of benzene rings is 3. The average Bonchev–Trinajstić information content (AvgIpc) is 3.41. The zero-order chi connectivity index (χ0) is 27.7. The van der Waals surface area contributed by atoms with Gasteiger partial charge in [0.05, 0.1) is 25.8 Å². The molecule has 0 saturated carbocycles. The fourth-order valence-electron chi connectivity index (χ4n) is 4.87. The number of ether oxygens (including phenoxy) is 2. The van der Waals surface area contributed by atoms with Crippen molar-refractivity contribution in [2.75, 3.05) is 46.5 Å². The van der Waals surface area contributed by atoms with Crippen LogP contribution in [0.15, 0.2) is 78.9 Å². The van der Waals surface area contributed by atoms with E-state index in [0.29, 0.717) is 49.7 Å². The molecule has 1 fully saturated rings. The molecule has 10 heteroatoms. The third kappa shape index (κ3) is 6.64. The average molecular weight is 543 g/mol. The van der Waals surface area contributed by atoms with Crippen LogP contribution in [0.2, 0.25) is 0 Å². The monoisotopic (exact) mass is 542 g/mol.